The van der Waals surface area contributed by atoms with Crippen molar-refractivity contribution in [3.05, 3.63) is 0 Å². The van der Waals surface area contributed by atoms with Crippen LogP contribution in [0.4, 0.5) is 0 Å². The van der Waals surface area contributed by atoms with Crippen molar-refractivity contribution in [2.24, 2.45) is 11.8 Å². The van der Waals surface area contributed by atoms with Crippen LogP contribution in [0.3, 0.4) is 0 Å². The molecular weight excluding hydrogens is 181 g/mol. The molecular formula is C10H20NOP. The molecule has 76 valence electrons. The van der Waals surface area contributed by atoms with Crippen LogP contribution < -0.4 is 5.32 Å². The maximum atomic E-state index is 11.5. The first kappa shape index (κ1) is 11.0. The number of hydrogen-bond acceptors (Lipinski definition) is 1. The molecule has 1 amide bonds. The standard InChI is InChI=1S/C10H20NOP/c1-2-8-3-5-9(6-4-8)10(12)11-7-13/h8-9H,2-7,13H2,1H3,(H,11,12). The highest BCUT2D eigenvalue weighted by Gasteiger charge is 2.24. The summed E-state index contributed by atoms with van der Waals surface area (Å²) >= 11 is 0. The lowest BCUT2D eigenvalue weighted by Gasteiger charge is -2.26. The molecule has 0 saturated heterocycles. The molecule has 1 fully saturated rings. The summed E-state index contributed by atoms with van der Waals surface area (Å²) in [5.41, 5.74) is 0. The van der Waals surface area contributed by atoms with E-state index in [4.69, 9.17) is 0 Å². The monoisotopic (exact) mass is 201 g/mol. The lowest BCUT2D eigenvalue weighted by Crippen LogP contribution is -2.32. The van der Waals surface area contributed by atoms with E-state index in [2.05, 4.69) is 21.5 Å². The average molecular weight is 201 g/mol. The summed E-state index contributed by atoms with van der Waals surface area (Å²) in [6.45, 7) is 2.24. The Morgan fingerprint density at radius 3 is 2.46 bits per heavy atom. The van der Waals surface area contributed by atoms with E-state index in [1.165, 1.54) is 19.3 Å². The van der Waals surface area contributed by atoms with E-state index >= 15 is 0 Å². The van der Waals surface area contributed by atoms with E-state index in [0.29, 0.717) is 12.2 Å². The molecule has 13 heavy (non-hydrogen) atoms. The number of amides is 1. The number of carbonyl (C=O) groups is 1. The van der Waals surface area contributed by atoms with Crippen molar-refractivity contribution in [2.75, 3.05) is 6.29 Å². The molecule has 0 spiro atoms. The van der Waals surface area contributed by atoms with Crippen LogP contribution in [0.1, 0.15) is 39.0 Å². The molecule has 0 aromatic carbocycles. The molecule has 3 heteroatoms. The van der Waals surface area contributed by atoms with Crippen LogP contribution in [-0.2, 0) is 4.79 Å². The zero-order valence-corrected chi connectivity index (χ0v) is 9.54. The van der Waals surface area contributed by atoms with Crippen LogP contribution in [0.15, 0.2) is 0 Å². The molecule has 1 aliphatic carbocycles. The predicted octanol–water partition coefficient (Wildman–Crippen LogP) is 2.15. The molecule has 1 saturated carbocycles. The van der Waals surface area contributed by atoms with Crippen molar-refractivity contribution < 1.29 is 4.79 Å². The van der Waals surface area contributed by atoms with Gasteiger partial charge >= 0.3 is 0 Å². The van der Waals surface area contributed by atoms with Gasteiger partial charge in [0, 0.05) is 12.2 Å². The second-order valence-electron chi connectivity index (χ2n) is 3.87. The van der Waals surface area contributed by atoms with Crippen molar-refractivity contribution in [3.8, 4) is 0 Å². The topological polar surface area (TPSA) is 29.1 Å². The second-order valence-corrected chi connectivity index (χ2v) is 4.28. The summed E-state index contributed by atoms with van der Waals surface area (Å²) < 4.78 is 0. The Morgan fingerprint density at radius 1 is 1.38 bits per heavy atom. The number of rotatable bonds is 3. The summed E-state index contributed by atoms with van der Waals surface area (Å²) in [6, 6.07) is 0. The summed E-state index contributed by atoms with van der Waals surface area (Å²) in [6.07, 6.45) is 6.63. The first-order chi connectivity index (χ1) is 6.27. The second kappa shape index (κ2) is 5.59. The zero-order valence-electron chi connectivity index (χ0n) is 8.38. The highest BCUT2D eigenvalue weighted by Crippen LogP contribution is 2.30. The van der Waals surface area contributed by atoms with Crippen molar-refractivity contribution >= 4 is 15.1 Å². The van der Waals surface area contributed by atoms with E-state index in [0.717, 1.165) is 18.8 Å². The molecule has 1 unspecified atom stereocenters. The average Bonchev–Trinajstić information content (AvgIpc) is 2.18. The van der Waals surface area contributed by atoms with Gasteiger partial charge in [0.1, 0.15) is 0 Å². The molecule has 1 N–H and O–H groups in total. The molecule has 0 radical (unpaired) electrons. The summed E-state index contributed by atoms with van der Waals surface area (Å²) in [7, 11) is 2.53. The van der Waals surface area contributed by atoms with Crippen molar-refractivity contribution in [1.82, 2.24) is 5.32 Å². The lowest BCUT2D eigenvalue weighted by molar-refractivity contribution is -0.125. The minimum atomic E-state index is 0.254. The van der Waals surface area contributed by atoms with Crippen LogP contribution in [0.2, 0.25) is 0 Å². The Bertz CT molecular complexity index is 164. The maximum Gasteiger partial charge on any atom is 0.223 e. The van der Waals surface area contributed by atoms with E-state index in [1.54, 1.807) is 0 Å². The van der Waals surface area contributed by atoms with Gasteiger partial charge in [-0.3, -0.25) is 4.79 Å². The molecule has 2 nitrogen and oxygen atoms in total. The van der Waals surface area contributed by atoms with Crippen LogP contribution in [0.25, 0.3) is 0 Å². The van der Waals surface area contributed by atoms with Crippen molar-refractivity contribution in [3.63, 3.8) is 0 Å². The number of hydrogen-bond donors (Lipinski definition) is 1. The quantitative estimate of drug-likeness (QED) is 0.696. The largest absolute Gasteiger partial charge is 0.353 e. The summed E-state index contributed by atoms with van der Waals surface area (Å²) in [4.78, 5) is 11.5. The van der Waals surface area contributed by atoms with Gasteiger partial charge in [0.05, 0.1) is 0 Å². The minimum Gasteiger partial charge on any atom is -0.353 e. The molecule has 0 bridgehead atoms. The molecule has 0 heterocycles. The van der Waals surface area contributed by atoms with Crippen molar-refractivity contribution in [1.29, 1.82) is 0 Å². The summed E-state index contributed by atoms with van der Waals surface area (Å²) in [5.74, 6) is 1.42. The van der Waals surface area contributed by atoms with Gasteiger partial charge in [-0.15, -0.1) is 9.24 Å². The van der Waals surface area contributed by atoms with Gasteiger partial charge in [0.2, 0.25) is 5.91 Å². The van der Waals surface area contributed by atoms with Gasteiger partial charge in [-0.1, -0.05) is 13.3 Å². The predicted molar refractivity (Wildman–Crippen MR) is 58.5 cm³/mol. The highest BCUT2D eigenvalue weighted by atomic mass is 31.0. The fraction of sp³-hybridized carbons (Fsp3) is 0.900. The fourth-order valence-corrected chi connectivity index (χ4v) is 2.28. The van der Waals surface area contributed by atoms with E-state index in [9.17, 15) is 4.79 Å². The molecule has 0 aliphatic heterocycles. The van der Waals surface area contributed by atoms with Gasteiger partial charge in [-0.2, -0.15) is 0 Å². The molecule has 1 atom stereocenters. The molecule has 0 aromatic rings. The van der Waals surface area contributed by atoms with E-state index in [-0.39, 0.29) is 5.91 Å². The fourth-order valence-electron chi connectivity index (χ4n) is 2.08. The number of carbonyl (C=O) groups excluding carboxylic acids is 1. The van der Waals surface area contributed by atoms with Crippen LogP contribution in [-0.4, -0.2) is 12.2 Å². The summed E-state index contributed by atoms with van der Waals surface area (Å²) in [5, 5.41) is 2.87. The smallest absolute Gasteiger partial charge is 0.223 e. The van der Waals surface area contributed by atoms with Crippen LogP contribution in [0, 0.1) is 11.8 Å². The Balaban J connectivity index is 2.28. The van der Waals surface area contributed by atoms with Gasteiger partial charge in [0.25, 0.3) is 0 Å². The van der Waals surface area contributed by atoms with Gasteiger partial charge in [-0.05, 0) is 31.6 Å². The third-order valence-corrected chi connectivity index (χ3v) is 3.28. The van der Waals surface area contributed by atoms with E-state index in [1.807, 2.05) is 0 Å². The third-order valence-electron chi connectivity index (χ3n) is 3.07. The van der Waals surface area contributed by atoms with Gasteiger partial charge in [0.15, 0.2) is 0 Å². The third kappa shape index (κ3) is 3.27. The first-order valence-electron chi connectivity index (χ1n) is 5.25. The first-order valence-corrected chi connectivity index (χ1v) is 6.07. The lowest BCUT2D eigenvalue weighted by atomic mass is 9.80. The Kier molecular flexibility index (Phi) is 4.72. The van der Waals surface area contributed by atoms with Gasteiger partial charge in [-0.25, -0.2) is 0 Å². The molecule has 0 aromatic heterocycles. The van der Waals surface area contributed by atoms with Crippen LogP contribution >= 0.6 is 9.24 Å². The van der Waals surface area contributed by atoms with E-state index < -0.39 is 0 Å². The molecule has 1 aliphatic rings. The molecule has 1 rings (SSSR count). The maximum absolute atomic E-state index is 11.5. The Labute approximate surface area is 83.1 Å². The normalized spacial score (nSPS) is 28.5. The SMILES string of the molecule is CCC1CCC(C(=O)NCP)CC1. The Morgan fingerprint density at radius 2 is 2.00 bits per heavy atom. The zero-order chi connectivity index (χ0) is 9.68. The Hall–Kier alpha value is -0.100. The van der Waals surface area contributed by atoms with Gasteiger partial charge < -0.3 is 5.32 Å². The van der Waals surface area contributed by atoms with Crippen molar-refractivity contribution in [2.45, 2.75) is 39.0 Å². The highest BCUT2D eigenvalue weighted by molar-refractivity contribution is 7.16. The van der Waals surface area contributed by atoms with Crippen LogP contribution in [0.5, 0.6) is 0 Å². The number of nitrogens with one attached hydrogen (secondary N) is 1. The minimum absolute atomic E-state index is 0.254.